The highest BCUT2D eigenvalue weighted by atomic mass is 14.6. The van der Waals surface area contributed by atoms with Crippen LogP contribution in [0.2, 0.25) is 0 Å². The fraction of sp³-hybridized carbons (Fsp3) is 0.429. The van der Waals surface area contributed by atoms with Crippen molar-refractivity contribution in [3.63, 3.8) is 0 Å². The van der Waals surface area contributed by atoms with Crippen molar-refractivity contribution in [3.05, 3.63) is 47.0 Å². The predicted molar refractivity (Wildman–Crippen MR) is 103 cm³/mol. The van der Waals surface area contributed by atoms with Gasteiger partial charge in [-0.2, -0.15) is 0 Å². The fourth-order valence-corrected chi connectivity index (χ4v) is 3.17. The molecule has 2 rings (SSSR count). The SMILES string of the molecule is CCCc1cc(-c2cc(CCC)c(N)c(CCC)c2)ccc1N. The zero-order valence-corrected chi connectivity index (χ0v) is 14.8. The average molecular weight is 310 g/mol. The maximum Gasteiger partial charge on any atom is 0.0379 e. The van der Waals surface area contributed by atoms with E-state index in [2.05, 4.69) is 45.0 Å². The Hall–Kier alpha value is -1.96. The summed E-state index contributed by atoms with van der Waals surface area (Å²) < 4.78 is 0. The van der Waals surface area contributed by atoms with Crippen molar-refractivity contribution in [2.24, 2.45) is 0 Å². The lowest BCUT2D eigenvalue weighted by Crippen LogP contribution is -2.01. The van der Waals surface area contributed by atoms with E-state index in [-0.39, 0.29) is 0 Å². The van der Waals surface area contributed by atoms with Crippen LogP contribution in [0.5, 0.6) is 0 Å². The monoisotopic (exact) mass is 310 g/mol. The zero-order valence-electron chi connectivity index (χ0n) is 14.8. The molecule has 4 N–H and O–H groups in total. The summed E-state index contributed by atoms with van der Waals surface area (Å²) in [7, 11) is 0. The molecule has 0 bridgehead atoms. The van der Waals surface area contributed by atoms with E-state index in [4.69, 9.17) is 11.5 Å². The van der Waals surface area contributed by atoms with Gasteiger partial charge in [0.2, 0.25) is 0 Å². The van der Waals surface area contributed by atoms with Crippen LogP contribution in [0.1, 0.15) is 56.7 Å². The third kappa shape index (κ3) is 4.07. The first-order valence-electron chi connectivity index (χ1n) is 8.90. The molecule has 0 amide bonds. The molecule has 0 saturated carbocycles. The van der Waals surface area contributed by atoms with E-state index in [0.717, 1.165) is 49.9 Å². The van der Waals surface area contributed by atoms with Gasteiger partial charge < -0.3 is 11.5 Å². The van der Waals surface area contributed by atoms with E-state index < -0.39 is 0 Å². The summed E-state index contributed by atoms with van der Waals surface area (Å²) in [5, 5.41) is 0. The van der Waals surface area contributed by atoms with Gasteiger partial charge in [-0.25, -0.2) is 0 Å². The molecule has 124 valence electrons. The molecule has 2 aromatic carbocycles. The lowest BCUT2D eigenvalue weighted by Gasteiger charge is -2.15. The third-order valence-corrected chi connectivity index (χ3v) is 4.39. The van der Waals surface area contributed by atoms with Crippen LogP contribution in [0, 0.1) is 0 Å². The lowest BCUT2D eigenvalue weighted by atomic mass is 9.92. The molecule has 0 aliphatic heterocycles. The molecule has 0 heterocycles. The highest BCUT2D eigenvalue weighted by Gasteiger charge is 2.10. The van der Waals surface area contributed by atoms with E-state index in [9.17, 15) is 0 Å². The predicted octanol–water partition coefficient (Wildman–Crippen LogP) is 5.38. The Bertz CT molecular complexity index is 632. The first-order valence-corrected chi connectivity index (χ1v) is 8.90. The van der Waals surface area contributed by atoms with Crippen molar-refractivity contribution in [2.45, 2.75) is 59.3 Å². The van der Waals surface area contributed by atoms with Gasteiger partial charge in [0.1, 0.15) is 0 Å². The Morgan fingerprint density at radius 1 is 0.652 bits per heavy atom. The van der Waals surface area contributed by atoms with Gasteiger partial charge >= 0.3 is 0 Å². The topological polar surface area (TPSA) is 52.0 Å². The molecule has 0 aliphatic rings. The Morgan fingerprint density at radius 2 is 1.13 bits per heavy atom. The van der Waals surface area contributed by atoms with Gasteiger partial charge in [-0.1, -0.05) is 46.1 Å². The van der Waals surface area contributed by atoms with Crippen molar-refractivity contribution >= 4 is 11.4 Å². The molecule has 23 heavy (non-hydrogen) atoms. The summed E-state index contributed by atoms with van der Waals surface area (Å²) in [6, 6.07) is 10.9. The van der Waals surface area contributed by atoms with E-state index >= 15 is 0 Å². The number of rotatable bonds is 7. The third-order valence-electron chi connectivity index (χ3n) is 4.39. The number of benzene rings is 2. The van der Waals surface area contributed by atoms with E-state index in [1.165, 1.54) is 27.8 Å². The summed E-state index contributed by atoms with van der Waals surface area (Å²) >= 11 is 0. The lowest BCUT2D eigenvalue weighted by molar-refractivity contribution is 0.900. The van der Waals surface area contributed by atoms with Gasteiger partial charge in [0.15, 0.2) is 0 Å². The highest BCUT2D eigenvalue weighted by molar-refractivity contribution is 5.73. The first kappa shape index (κ1) is 17.4. The second kappa shape index (κ2) is 8.05. The molecule has 2 aromatic rings. The summed E-state index contributed by atoms with van der Waals surface area (Å²) in [6.07, 6.45) is 6.43. The van der Waals surface area contributed by atoms with Gasteiger partial charge in [-0.15, -0.1) is 0 Å². The van der Waals surface area contributed by atoms with Crippen LogP contribution in [0.25, 0.3) is 11.1 Å². The summed E-state index contributed by atoms with van der Waals surface area (Å²) in [4.78, 5) is 0. The molecular formula is C21H30N2. The van der Waals surface area contributed by atoms with Gasteiger partial charge in [-0.3, -0.25) is 0 Å². The highest BCUT2D eigenvalue weighted by Crippen LogP contribution is 2.31. The molecule has 0 atom stereocenters. The van der Waals surface area contributed by atoms with Gasteiger partial charge in [0.25, 0.3) is 0 Å². The van der Waals surface area contributed by atoms with Gasteiger partial charge in [-0.05, 0) is 71.3 Å². The van der Waals surface area contributed by atoms with E-state index in [1.54, 1.807) is 0 Å². The first-order chi connectivity index (χ1) is 11.1. The van der Waals surface area contributed by atoms with Gasteiger partial charge in [0, 0.05) is 11.4 Å². The van der Waals surface area contributed by atoms with Crippen LogP contribution < -0.4 is 11.5 Å². The van der Waals surface area contributed by atoms with Crippen LogP contribution in [0.4, 0.5) is 11.4 Å². The molecule has 0 radical (unpaired) electrons. The molecular weight excluding hydrogens is 280 g/mol. The number of anilines is 2. The Morgan fingerprint density at radius 3 is 1.65 bits per heavy atom. The normalized spacial score (nSPS) is 10.9. The maximum atomic E-state index is 6.38. The minimum absolute atomic E-state index is 0.897. The van der Waals surface area contributed by atoms with Crippen LogP contribution in [-0.4, -0.2) is 0 Å². The molecule has 0 saturated heterocycles. The van der Waals surface area contributed by atoms with E-state index in [1.807, 2.05) is 6.07 Å². The molecule has 2 heteroatoms. The Kier molecular flexibility index (Phi) is 6.09. The minimum atomic E-state index is 0.897. The molecule has 0 fully saturated rings. The van der Waals surface area contributed by atoms with Crippen molar-refractivity contribution in [3.8, 4) is 11.1 Å². The summed E-state index contributed by atoms with van der Waals surface area (Å²) in [5.41, 5.74) is 20.7. The average Bonchev–Trinajstić information content (AvgIpc) is 2.54. The number of hydrogen-bond donors (Lipinski definition) is 2. The standard InChI is InChI=1S/C21H30N2/c1-4-7-16-12-15(10-11-20(16)22)19-13-17(8-5-2)21(23)18(14-19)9-6-3/h10-14H,4-9,22-23H2,1-3H3. The molecule has 2 nitrogen and oxygen atoms in total. The van der Waals surface area contributed by atoms with Gasteiger partial charge in [0.05, 0.1) is 0 Å². The number of nitrogen functional groups attached to an aromatic ring is 2. The largest absolute Gasteiger partial charge is 0.399 e. The van der Waals surface area contributed by atoms with Crippen molar-refractivity contribution < 1.29 is 0 Å². The smallest absolute Gasteiger partial charge is 0.0379 e. The second-order valence-corrected chi connectivity index (χ2v) is 6.37. The van der Waals surface area contributed by atoms with E-state index in [0.29, 0.717) is 0 Å². The van der Waals surface area contributed by atoms with Crippen molar-refractivity contribution in [1.82, 2.24) is 0 Å². The number of nitrogens with two attached hydrogens (primary N) is 2. The van der Waals surface area contributed by atoms with Crippen LogP contribution in [-0.2, 0) is 19.3 Å². The number of hydrogen-bond acceptors (Lipinski definition) is 2. The quantitative estimate of drug-likeness (QED) is 0.675. The molecule has 0 aromatic heterocycles. The molecule has 0 spiro atoms. The Balaban J connectivity index is 2.51. The zero-order chi connectivity index (χ0) is 16.8. The summed E-state index contributed by atoms with van der Waals surface area (Å²) in [6.45, 7) is 6.59. The van der Waals surface area contributed by atoms with Crippen LogP contribution in [0.3, 0.4) is 0 Å². The van der Waals surface area contributed by atoms with Crippen LogP contribution in [0.15, 0.2) is 30.3 Å². The summed E-state index contributed by atoms with van der Waals surface area (Å²) in [5.74, 6) is 0. The minimum Gasteiger partial charge on any atom is -0.399 e. The number of aryl methyl sites for hydroxylation is 3. The Labute approximate surface area is 140 Å². The van der Waals surface area contributed by atoms with Crippen molar-refractivity contribution in [1.29, 1.82) is 0 Å². The van der Waals surface area contributed by atoms with Crippen molar-refractivity contribution in [2.75, 3.05) is 11.5 Å². The fourth-order valence-electron chi connectivity index (χ4n) is 3.17. The second-order valence-electron chi connectivity index (χ2n) is 6.37. The van der Waals surface area contributed by atoms with Crippen LogP contribution >= 0.6 is 0 Å². The molecule has 0 unspecified atom stereocenters. The maximum absolute atomic E-state index is 6.38. The molecule has 0 aliphatic carbocycles.